The number of hydrogen-bond acceptors (Lipinski definition) is 15. The largest absolute Gasteiger partial charge is 0.497 e. The van der Waals surface area contributed by atoms with Crippen molar-refractivity contribution in [2.45, 2.75) is 102 Å². The van der Waals surface area contributed by atoms with Gasteiger partial charge >= 0.3 is 0 Å². The van der Waals surface area contributed by atoms with Crippen molar-refractivity contribution in [2.75, 3.05) is 51.5 Å². The summed E-state index contributed by atoms with van der Waals surface area (Å²) in [5, 5.41) is 12.4. The number of aromatic amines is 1. The van der Waals surface area contributed by atoms with E-state index in [9.17, 15) is 19.6 Å². The molecular formula is C55H65Cl2N8O11P. The zero-order valence-electron chi connectivity index (χ0n) is 44.4. The first-order valence-electron chi connectivity index (χ1n) is 25.0. The number of imidazole rings is 1. The second-order valence-corrected chi connectivity index (χ2v) is 21.3. The third-order valence-corrected chi connectivity index (χ3v) is 15.2. The fourth-order valence-corrected chi connectivity index (χ4v) is 10.9. The van der Waals surface area contributed by atoms with Gasteiger partial charge in [0.05, 0.1) is 52.9 Å². The standard InChI is InChI=1S/C55H65Cl2N8O11P/c1-34(2)50(66)61-54-60-49-45(51(67)62-54)59-32-64(49)53-47(72-33-71-30-37-16-22-41(23-17-37)63(7)52(68)48(56)57)46(76-77(74-29-13-28-58)65(35(3)4)36(5)6)44(75-53)31-73-55(38-14-11-10-12-15-38,39-18-24-42(69-8)25-19-39)40-20-26-43(70-9)27-21-40/h10-12,14-27,32,34-36,44,46-48,53H,13,29-31,33H2,1-9H3,(H2,60,61,62,66,67)/t44-,46-,47-,53-,77?/m1/s1. The molecule has 2 aromatic heterocycles. The van der Waals surface area contributed by atoms with Gasteiger partial charge in [0.1, 0.15) is 42.2 Å². The highest BCUT2D eigenvalue weighted by atomic mass is 35.5. The predicted octanol–water partition coefficient (Wildman–Crippen LogP) is 9.62. The van der Waals surface area contributed by atoms with Gasteiger partial charge in [0.25, 0.3) is 20.0 Å². The van der Waals surface area contributed by atoms with Crippen LogP contribution in [0.25, 0.3) is 11.2 Å². The molecule has 0 radical (unpaired) electrons. The lowest BCUT2D eigenvalue weighted by Gasteiger charge is -2.39. The molecule has 19 nitrogen and oxygen atoms in total. The Labute approximate surface area is 459 Å². The van der Waals surface area contributed by atoms with Crippen LogP contribution >= 0.6 is 31.7 Å². The number of rotatable bonds is 26. The zero-order valence-corrected chi connectivity index (χ0v) is 46.8. The average Bonchev–Trinajstić information content (AvgIpc) is 4.04. The normalized spacial score (nSPS) is 17.1. The van der Waals surface area contributed by atoms with Gasteiger partial charge in [-0.2, -0.15) is 10.2 Å². The summed E-state index contributed by atoms with van der Waals surface area (Å²) in [7, 11) is 2.83. The van der Waals surface area contributed by atoms with E-state index in [4.69, 9.17) is 65.7 Å². The Morgan fingerprint density at radius 3 is 2.05 bits per heavy atom. The molecule has 2 N–H and O–H groups in total. The number of ether oxygens (including phenoxy) is 6. The Hall–Kier alpha value is -6.01. The molecule has 0 aliphatic carbocycles. The second kappa shape index (κ2) is 27.0. The number of methoxy groups -OCH3 is 2. The summed E-state index contributed by atoms with van der Waals surface area (Å²) in [5.41, 5.74) is 1.83. The van der Waals surface area contributed by atoms with Gasteiger partial charge in [-0.05, 0) is 86.3 Å². The smallest absolute Gasteiger partial charge is 0.280 e. The molecule has 1 saturated heterocycles. The van der Waals surface area contributed by atoms with Crippen LogP contribution < -0.4 is 25.2 Å². The van der Waals surface area contributed by atoms with Crippen molar-refractivity contribution in [3.63, 3.8) is 0 Å². The molecule has 3 heterocycles. The first kappa shape index (κ1) is 58.7. The maximum Gasteiger partial charge on any atom is 0.280 e. The average molecular weight is 1120 g/mol. The van der Waals surface area contributed by atoms with E-state index in [-0.39, 0.29) is 68.1 Å². The van der Waals surface area contributed by atoms with Gasteiger partial charge in [-0.25, -0.2) is 9.65 Å². The number of alkyl halides is 2. The summed E-state index contributed by atoms with van der Waals surface area (Å²) in [6.07, 6.45) is -2.70. The predicted molar refractivity (Wildman–Crippen MR) is 294 cm³/mol. The highest BCUT2D eigenvalue weighted by molar-refractivity contribution is 7.44. The van der Waals surface area contributed by atoms with E-state index in [1.54, 1.807) is 63.9 Å². The van der Waals surface area contributed by atoms with E-state index >= 15 is 0 Å². The summed E-state index contributed by atoms with van der Waals surface area (Å²) in [6, 6.07) is 34.2. The maximum absolute atomic E-state index is 13.7. The van der Waals surface area contributed by atoms with Crippen molar-refractivity contribution in [1.29, 1.82) is 5.26 Å². The second-order valence-electron chi connectivity index (χ2n) is 18.8. The molecular weight excluding hydrogens is 1050 g/mol. The summed E-state index contributed by atoms with van der Waals surface area (Å²) in [5.74, 6) is -0.0615. The molecule has 0 bridgehead atoms. The molecule has 7 rings (SSSR count). The first-order chi connectivity index (χ1) is 37.0. The molecule has 1 fully saturated rings. The lowest BCUT2D eigenvalue weighted by molar-refractivity contribution is -0.141. The minimum atomic E-state index is -1.96. The molecule has 1 aliphatic heterocycles. The molecule has 0 saturated carbocycles. The fourth-order valence-electron chi connectivity index (χ4n) is 8.86. The number of amides is 2. The van der Waals surface area contributed by atoms with Crippen LogP contribution in [0, 0.1) is 17.2 Å². The number of aromatic nitrogens is 4. The van der Waals surface area contributed by atoms with Crippen LogP contribution in [0.3, 0.4) is 0 Å². The molecule has 1 aliphatic rings. The van der Waals surface area contributed by atoms with Crippen LogP contribution in [0.4, 0.5) is 11.6 Å². The van der Waals surface area contributed by atoms with Gasteiger partial charge in [-0.1, -0.05) is 104 Å². The van der Waals surface area contributed by atoms with Crippen molar-refractivity contribution in [1.82, 2.24) is 24.2 Å². The fraction of sp³-hybridized carbons (Fsp3) is 0.418. The topological polar surface area (TPSA) is 214 Å². The summed E-state index contributed by atoms with van der Waals surface area (Å²) < 4.78 is 56.4. The lowest BCUT2D eigenvalue weighted by atomic mass is 9.80. The molecule has 0 spiro atoms. The van der Waals surface area contributed by atoms with Crippen LogP contribution in [-0.4, -0.2) is 113 Å². The minimum Gasteiger partial charge on any atom is -0.497 e. The summed E-state index contributed by atoms with van der Waals surface area (Å²) in [4.78, 5) is 51.0. The summed E-state index contributed by atoms with van der Waals surface area (Å²) >= 11 is 11.7. The molecule has 1 unspecified atom stereocenters. The maximum atomic E-state index is 13.7. The van der Waals surface area contributed by atoms with E-state index in [1.807, 2.05) is 107 Å². The highest BCUT2D eigenvalue weighted by Gasteiger charge is 2.52. The SMILES string of the molecule is COc1ccc(C(OC[C@H]2O[C@@H](n3cnc4c(=O)[nH]c(NC(=O)C(C)C)nc43)[C@H](OCOCc3ccc(N(C)C(=O)C(Cl)Cl)cc3)[C@@H]2OP(OCCC#N)N(C(C)C)C(C)C)(c2ccccc2)c2ccc(OC)cc2)cc1. The molecule has 2 amide bonds. The molecule has 6 aromatic rings. The Morgan fingerprint density at radius 1 is 0.883 bits per heavy atom. The van der Waals surface area contributed by atoms with Gasteiger partial charge in [-0.3, -0.25) is 29.3 Å². The highest BCUT2D eigenvalue weighted by Crippen LogP contribution is 2.51. The van der Waals surface area contributed by atoms with Crippen LogP contribution in [0.1, 0.15) is 76.4 Å². The Balaban J connectivity index is 1.36. The number of halogens is 2. The van der Waals surface area contributed by atoms with E-state index < -0.39 is 60.9 Å². The monoisotopic (exact) mass is 1110 g/mol. The van der Waals surface area contributed by atoms with Crippen molar-refractivity contribution >= 4 is 66.3 Å². The van der Waals surface area contributed by atoms with Crippen molar-refractivity contribution in [2.24, 2.45) is 5.92 Å². The molecule has 410 valence electrons. The van der Waals surface area contributed by atoms with Crippen LogP contribution in [0.5, 0.6) is 11.5 Å². The van der Waals surface area contributed by atoms with Crippen LogP contribution in [0.2, 0.25) is 0 Å². The number of nitriles is 1. The van der Waals surface area contributed by atoms with E-state index in [2.05, 4.69) is 26.0 Å². The number of carbonyl (C=O) groups is 2. The van der Waals surface area contributed by atoms with Gasteiger partial charge in [0.15, 0.2) is 22.2 Å². The van der Waals surface area contributed by atoms with Gasteiger partial charge in [-0.15, -0.1) is 0 Å². The number of benzene rings is 4. The summed E-state index contributed by atoms with van der Waals surface area (Å²) in [6.45, 7) is 11.3. The van der Waals surface area contributed by atoms with E-state index in [1.165, 1.54) is 11.2 Å². The molecule has 77 heavy (non-hydrogen) atoms. The molecule has 22 heteroatoms. The van der Waals surface area contributed by atoms with Crippen molar-refractivity contribution < 1.29 is 47.1 Å². The molecule has 4 aromatic carbocycles. The van der Waals surface area contributed by atoms with Crippen LogP contribution in [0.15, 0.2) is 114 Å². The number of anilines is 2. The van der Waals surface area contributed by atoms with Crippen LogP contribution in [-0.2, 0) is 49.8 Å². The van der Waals surface area contributed by atoms with Crippen molar-refractivity contribution in [3.8, 4) is 17.6 Å². The van der Waals surface area contributed by atoms with Crippen molar-refractivity contribution in [3.05, 3.63) is 142 Å². The Morgan fingerprint density at radius 2 is 1.49 bits per heavy atom. The number of carbonyl (C=O) groups excluding carboxylic acids is 2. The third kappa shape index (κ3) is 13.8. The van der Waals surface area contributed by atoms with Gasteiger partial charge in [0, 0.05) is 30.7 Å². The number of fused-ring (bicyclic) bond motifs is 1. The zero-order chi connectivity index (χ0) is 55.4. The first-order valence-corrected chi connectivity index (χ1v) is 27.0. The Bertz CT molecular complexity index is 2920. The van der Waals surface area contributed by atoms with E-state index in [0.717, 1.165) is 22.3 Å². The van der Waals surface area contributed by atoms with E-state index in [0.29, 0.717) is 17.2 Å². The third-order valence-electron chi connectivity index (χ3n) is 12.7. The van der Waals surface area contributed by atoms with Gasteiger partial charge in [0.2, 0.25) is 11.9 Å². The quantitative estimate of drug-likeness (QED) is 0.0170. The minimum absolute atomic E-state index is 0.0262. The lowest BCUT2D eigenvalue weighted by Crippen LogP contribution is -2.43. The number of hydrogen-bond donors (Lipinski definition) is 2. The number of H-pyrrole nitrogens is 1. The van der Waals surface area contributed by atoms with Gasteiger partial charge < -0.3 is 42.4 Å². The Kier molecular flexibility index (Phi) is 20.6. The molecule has 5 atom stereocenters. The number of nitrogens with one attached hydrogen (secondary N) is 2. The number of nitrogens with zero attached hydrogens (tertiary/aromatic N) is 6.